The van der Waals surface area contributed by atoms with Gasteiger partial charge in [0.2, 0.25) is 0 Å². The maximum Gasteiger partial charge on any atom is 0.111 e. The molecule has 0 spiro atoms. The highest BCUT2D eigenvalue weighted by Crippen LogP contribution is 2.08. The van der Waals surface area contributed by atoms with Gasteiger partial charge in [0, 0.05) is 31.8 Å². The van der Waals surface area contributed by atoms with Crippen LogP contribution in [0.5, 0.6) is 0 Å². The number of likely N-dealkylation sites (N-methyl/N-ethyl adjacent to an activating group) is 2. The fourth-order valence-electron chi connectivity index (χ4n) is 1.58. The normalized spacial score (nSPS) is 20.6. The van der Waals surface area contributed by atoms with E-state index in [9.17, 15) is 4.39 Å². The lowest BCUT2D eigenvalue weighted by molar-refractivity contribution is 0.205. The Morgan fingerprint density at radius 2 is 2.12 bits per heavy atom. The fourth-order valence-corrected chi connectivity index (χ4v) is 1.58. The first kappa shape index (κ1) is 13.3. The summed E-state index contributed by atoms with van der Waals surface area (Å²) in [5.41, 5.74) is 1.11. The first-order valence-corrected chi connectivity index (χ1v) is 5.63. The maximum atomic E-state index is 12.1. The zero-order chi connectivity index (χ0) is 12.0. The van der Waals surface area contributed by atoms with Gasteiger partial charge in [-0.05, 0) is 21.0 Å². The van der Waals surface area contributed by atoms with Gasteiger partial charge in [0.15, 0.2) is 0 Å². The minimum atomic E-state index is -0.284. The van der Waals surface area contributed by atoms with Crippen LogP contribution in [0.15, 0.2) is 9.98 Å². The molecule has 1 atom stereocenters. The maximum absolute atomic E-state index is 12.1. The number of rotatable bonds is 6. The molecule has 0 saturated heterocycles. The van der Waals surface area contributed by atoms with Gasteiger partial charge in [-0.2, -0.15) is 0 Å². The number of alkyl halides is 1. The van der Waals surface area contributed by atoms with E-state index in [0.29, 0.717) is 6.54 Å². The quantitative estimate of drug-likeness (QED) is 0.680. The van der Waals surface area contributed by atoms with Gasteiger partial charge in [-0.25, -0.2) is 9.38 Å². The van der Waals surface area contributed by atoms with Gasteiger partial charge in [0.05, 0.1) is 0 Å². The molecule has 5 heteroatoms. The average Bonchev–Trinajstić information content (AvgIpc) is 2.26. The second-order valence-electron chi connectivity index (χ2n) is 4.29. The Morgan fingerprint density at radius 3 is 2.75 bits per heavy atom. The summed E-state index contributed by atoms with van der Waals surface area (Å²) >= 11 is 0. The molecule has 0 amide bonds. The smallest absolute Gasteiger partial charge is 0.111 e. The van der Waals surface area contributed by atoms with Crippen LogP contribution in [0.2, 0.25) is 0 Å². The topological polar surface area (TPSA) is 31.2 Å². The summed E-state index contributed by atoms with van der Waals surface area (Å²) < 4.78 is 12.1. The second kappa shape index (κ2) is 6.70. The molecular weight excluding hydrogens is 207 g/mol. The lowest BCUT2D eigenvalue weighted by Gasteiger charge is -2.27. The summed E-state index contributed by atoms with van der Waals surface area (Å²) in [6.45, 7) is 3.99. The largest absolute Gasteiger partial charge is 0.303 e. The zero-order valence-corrected chi connectivity index (χ0v) is 10.4. The van der Waals surface area contributed by atoms with E-state index < -0.39 is 0 Å². The van der Waals surface area contributed by atoms with Crippen LogP contribution in [0.1, 0.15) is 13.3 Å². The van der Waals surface area contributed by atoms with E-state index in [0.717, 1.165) is 25.2 Å². The van der Waals surface area contributed by atoms with Crippen LogP contribution in [0.25, 0.3) is 0 Å². The molecule has 1 rings (SSSR count). The summed E-state index contributed by atoms with van der Waals surface area (Å²) in [5.74, 6) is 0. The van der Waals surface area contributed by atoms with Crippen molar-refractivity contribution in [2.75, 3.05) is 40.4 Å². The predicted molar refractivity (Wildman–Crippen MR) is 66.1 cm³/mol. The first-order chi connectivity index (χ1) is 7.63. The molecular formula is C11H21FN4. The number of nitrogens with zero attached hydrogens (tertiary/aromatic N) is 4. The standard InChI is InChI=1S/C11H21FN4/c1-10-8-11(14-9-13-10)16(3)7-6-15(2)5-4-12/h9,11H,4-8H2,1-3H3. The molecule has 0 aromatic heterocycles. The van der Waals surface area contributed by atoms with Crippen LogP contribution >= 0.6 is 0 Å². The van der Waals surface area contributed by atoms with Crippen LogP contribution in [-0.2, 0) is 0 Å². The van der Waals surface area contributed by atoms with Crippen LogP contribution in [-0.4, -0.2) is 68.4 Å². The van der Waals surface area contributed by atoms with Gasteiger partial charge in [-0.3, -0.25) is 9.89 Å². The molecule has 0 radical (unpaired) electrons. The van der Waals surface area contributed by atoms with E-state index >= 15 is 0 Å². The van der Waals surface area contributed by atoms with Crippen LogP contribution in [0, 0.1) is 0 Å². The molecule has 1 heterocycles. The van der Waals surface area contributed by atoms with E-state index in [2.05, 4.69) is 14.9 Å². The number of hydrogen-bond acceptors (Lipinski definition) is 4. The monoisotopic (exact) mass is 228 g/mol. The summed E-state index contributed by atoms with van der Waals surface area (Å²) in [4.78, 5) is 12.6. The van der Waals surface area contributed by atoms with Gasteiger partial charge in [0.25, 0.3) is 0 Å². The van der Waals surface area contributed by atoms with Crippen molar-refractivity contribution in [2.24, 2.45) is 9.98 Å². The highest BCUT2D eigenvalue weighted by Gasteiger charge is 2.16. The van der Waals surface area contributed by atoms with Gasteiger partial charge in [-0.1, -0.05) is 0 Å². The Bertz CT molecular complexity index is 265. The van der Waals surface area contributed by atoms with Gasteiger partial charge < -0.3 is 4.90 Å². The van der Waals surface area contributed by atoms with Crippen LogP contribution in [0.3, 0.4) is 0 Å². The minimum absolute atomic E-state index is 0.191. The summed E-state index contributed by atoms with van der Waals surface area (Å²) in [5, 5.41) is 0. The first-order valence-electron chi connectivity index (χ1n) is 5.63. The average molecular weight is 228 g/mol. The van der Waals surface area contributed by atoms with E-state index in [-0.39, 0.29) is 12.8 Å². The van der Waals surface area contributed by atoms with Crippen molar-refractivity contribution in [2.45, 2.75) is 19.5 Å². The van der Waals surface area contributed by atoms with Crippen molar-refractivity contribution in [3.63, 3.8) is 0 Å². The summed E-state index contributed by atoms with van der Waals surface area (Å²) in [7, 11) is 3.98. The van der Waals surface area contributed by atoms with Gasteiger partial charge >= 0.3 is 0 Å². The molecule has 0 aliphatic carbocycles. The van der Waals surface area contributed by atoms with E-state index in [1.165, 1.54) is 0 Å². The minimum Gasteiger partial charge on any atom is -0.303 e. The zero-order valence-electron chi connectivity index (χ0n) is 10.4. The van der Waals surface area contributed by atoms with Crippen molar-refractivity contribution < 1.29 is 4.39 Å². The second-order valence-corrected chi connectivity index (χ2v) is 4.29. The summed E-state index contributed by atoms with van der Waals surface area (Å²) in [6.07, 6.45) is 2.71. The molecule has 0 aromatic carbocycles. The lowest BCUT2D eigenvalue weighted by atomic mass is 10.2. The highest BCUT2D eigenvalue weighted by molar-refractivity contribution is 5.90. The Labute approximate surface area is 96.9 Å². The van der Waals surface area contributed by atoms with Gasteiger partial charge in [-0.15, -0.1) is 0 Å². The van der Waals surface area contributed by atoms with Crippen molar-refractivity contribution in [1.82, 2.24) is 9.80 Å². The highest BCUT2D eigenvalue weighted by atomic mass is 19.1. The molecule has 0 bridgehead atoms. The molecule has 1 aliphatic rings. The molecule has 92 valence electrons. The molecule has 0 aromatic rings. The number of hydrogen-bond donors (Lipinski definition) is 0. The molecule has 0 saturated carbocycles. The third-order valence-corrected chi connectivity index (χ3v) is 2.80. The third-order valence-electron chi connectivity index (χ3n) is 2.80. The van der Waals surface area contributed by atoms with E-state index in [4.69, 9.17) is 0 Å². The third kappa shape index (κ3) is 4.37. The Morgan fingerprint density at radius 1 is 1.38 bits per heavy atom. The molecule has 1 unspecified atom stereocenters. The lowest BCUT2D eigenvalue weighted by Crippen LogP contribution is -2.38. The van der Waals surface area contributed by atoms with Crippen LogP contribution < -0.4 is 0 Å². The SMILES string of the molecule is CC1=NC=NC(N(C)CCN(C)CCF)C1. The Balaban J connectivity index is 2.27. The van der Waals surface area contributed by atoms with Crippen molar-refractivity contribution in [1.29, 1.82) is 0 Å². The van der Waals surface area contributed by atoms with Crippen molar-refractivity contribution >= 4 is 12.1 Å². The predicted octanol–water partition coefficient (Wildman–Crippen LogP) is 1.04. The molecule has 0 fully saturated rings. The van der Waals surface area contributed by atoms with Crippen LogP contribution in [0.4, 0.5) is 4.39 Å². The Kier molecular flexibility index (Phi) is 5.55. The van der Waals surface area contributed by atoms with E-state index in [1.807, 2.05) is 25.9 Å². The fraction of sp³-hybridized carbons (Fsp3) is 0.818. The molecule has 16 heavy (non-hydrogen) atoms. The summed E-state index contributed by atoms with van der Waals surface area (Å²) in [6, 6.07) is 0. The van der Waals surface area contributed by atoms with E-state index in [1.54, 1.807) is 6.34 Å². The number of aliphatic imine (C=N–C) groups is 2. The molecule has 1 aliphatic heterocycles. The van der Waals surface area contributed by atoms with Crippen molar-refractivity contribution in [3.05, 3.63) is 0 Å². The van der Waals surface area contributed by atoms with Crippen molar-refractivity contribution in [3.8, 4) is 0 Å². The Hall–Kier alpha value is -0.810. The van der Waals surface area contributed by atoms with Gasteiger partial charge in [0.1, 0.15) is 19.2 Å². The molecule has 4 nitrogen and oxygen atoms in total. The molecule has 0 N–H and O–H groups in total. The number of halogens is 1.